The lowest BCUT2D eigenvalue weighted by Gasteiger charge is -2.12. The molecular formula is C21H23N3OS. The number of benzene rings is 2. The molecule has 2 aromatic carbocycles. The summed E-state index contributed by atoms with van der Waals surface area (Å²) in [6, 6.07) is 17.9. The smallest absolute Gasteiger partial charge is 0.234 e. The molecule has 3 aromatic rings. The molecule has 1 N–H and O–H groups in total. The predicted octanol–water partition coefficient (Wildman–Crippen LogP) is 4.79. The first-order valence-electron chi connectivity index (χ1n) is 8.69. The monoisotopic (exact) mass is 365 g/mol. The van der Waals surface area contributed by atoms with Gasteiger partial charge in [-0.1, -0.05) is 44.2 Å². The van der Waals surface area contributed by atoms with Crippen molar-refractivity contribution in [3.63, 3.8) is 0 Å². The van der Waals surface area contributed by atoms with Gasteiger partial charge in [0.15, 0.2) is 0 Å². The van der Waals surface area contributed by atoms with Crippen molar-refractivity contribution >= 4 is 23.4 Å². The number of hydrogen-bond acceptors (Lipinski definition) is 3. The van der Waals surface area contributed by atoms with Crippen molar-refractivity contribution in [1.82, 2.24) is 9.55 Å². The molecular weight excluding hydrogens is 342 g/mol. The summed E-state index contributed by atoms with van der Waals surface area (Å²) in [6.45, 7) is 5.02. The van der Waals surface area contributed by atoms with Crippen LogP contribution in [0.25, 0.3) is 0 Å². The molecule has 0 aliphatic carbocycles. The molecule has 0 aliphatic heterocycles. The number of aromatic nitrogens is 2. The number of rotatable bonds is 7. The summed E-state index contributed by atoms with van der Waals surface area (Å²) in [5.74, 6) is 1.84. The van der Waals surface area contributed by atoms with Crippen LogP contribution in [0.1, 0.15) is 31.2 Å². The lowest BCUT2D eigenvalue weighted by atomic mass is 10.1. The van der Waals surface area contributed by atoms with E-state index < -0.39 is 0 Å². The zero-order chi connectivity index (χ0) is 18.4. The van der Waals surface area contributed by atoms with E-state index in [1.807, 2.05) is 60.9 Å². The lowest BCUT2D eigenvalue weighted by Crippen LogP contribution is -2.14. The maximum Gasteiger partial charge on any atom is 0.234 e. The van der Waals surface area contributed by atoms with Crippen molar-refractivity contribution in [2.24, 2.45) is 0 Å². The van der Waals surface area contributed by atoms with E-state index in [9.17, 15) is 4.79 Å². The molecule has 0 radical (unpaired) electrons. The largest absolute Gasteiger partial charge is 0.330 e. The molecule has 0 fully saturated rings. The Morgan fingerprint density at radius 2 is 1.96 bits per heavy atom. The minimum absolute atomic E-state index is 0.00139. The first kappa shape index (κ1) is 18.3. The van der Waals surface area contributed by atoms with E-state index in [4.69, 9.17) is 0 Å². The number of nitrogens with zero attached hydrogens (tertiary/aromatic N) is 2. The van der Waals surface area contributed by atoms with Crippen LogP contribution in [0.5, 0.6) is 0 Å². The normalized spacial score (nSPS) is 10.9. The first-order valence-corrected chi connectivity index (χ1v) is 9.68. The lowest BCUT2D eigenvalue weighted by molar-refractivity contribution is -0.113. The van der Waals surface area contributed by atoms with E-state index >= 15 is 0 Å². The highest BCUT2D eigenvalue weighted by Crippen LogP contribution is 2.19. The maximum absolute atomic E-state index is 12.2. The van der Waals surface area contributed by atoms with Gasteiger partial charge in [-0.2, -0.15) is 0 Å². The van der Waals surface area contributed by atoms with Gasteiger partial charge >= 0.3 is 0 Å². The van der Waals surface area contributed by atoms with Crippen LogP contribution >= 0.6 is 11.8 Å². The van der Waals surface area contributed by atoms with E-state index in [-0.39, 0.29) is 5.91 Å². The van der Waals surface area contributed by atoms with Crippen LogP contribution < -0.4 is 5.32 Å². The molecule has 5 heteroatoms. The van der Waals surface area contributed by atoms with E-state index in [1.54, 1.807) is 0 Å². The van der Waals surface area contributed by atoms with Crippen LogP contribution in [0.15, 0.2) is 71.9 Å². The second kappa shape index (κ2) is 8.72. The fourth-order valence-corrected chi connectivity index (χ4v) is 3.48. The molecule has 1 aromatic heterocycles. The van der Waals surface area contributed by atoms with Crippen LogP contribution in [0.3, 0.4) is 0 Å². The van der Waals surface area contributed by atoms with Gasteiger partial charge in [-0.3, -0.25) is 4.79 Å². The van der Waals surface area contributed by atoms with Crippen LogP contribution in [0.4, 0.5) is 5.69 Å². The number of amides is 1. The number of nitrogens with one attached hydrogen (secondary N) is 1. The van der Waals surface area contributed by atoms with Crippen LogP contribution in [-0.2, 0) is 11.3 Å². The number of thioether (sulfide) groups is 1. The van der Waals surface area contributed by atoms with Gasteiger partial charge in [-0.25, -0.2) is 4.98 Å². The zero-order valence-electron chi connectivity index (χ0n) is 15.1. The fraction of sp³-hybridized carbons (Fsp3) is 0.238. The van der Waals surface area contributed by atoms with Crippen molar-refractivity contribution in [3.8, 4) is 0 Å². The molecule has 0 saturated heterocycles. The highest BCUT2D eigenvalue weighted by Gasteiger charge is 2.08. The van der Waals surface area contributed by atoms with Gasteiger partial charge in [0, 0.05) is 35.4 Å². The summed E-state index contributed by atoms with van der Waals surface area (Å²) < 4.78 is 2.15. The number of carbonyl (C=O) groups is 1. The summed E-state index contributed by atoms with van der Waals surface area (Å²) in [7, 11) is 0. The van der Waals surface area contributed by atoms with Crippen molar-refractivity contribution in [1.29, 1.82) is 0 Å². The molecule has 134 valence electrons. The first-order chi connectivity index (χ1) is 12.6. The number of hydrogen-bond donors (Lipinski definition) is 1. The molecule has 1 heterocycles. The molecule has 4 nitrogen and oxygen atoms in total. The van der Waals surface area contributed by atoms with E-state index in [1.165, 1.54) is 11.8 Å². The summed E-state index contributed by atoms with van der Waals surface area (Å²) in [5.41, 5.74) is 1.96. The van der Waals surface area contributed by atoms with Gasteiger partial charge in [0.1, 0.15) is 5.82 Å². The minimum atomic E-state index is 0.00139. The van der Waals surface area contributed by atoms with Gasteiger partial charge in [-0.15, -0.1) is 11.8 Å². The highest BCUT2D eigenvalue weighted by molar-refractivity contribution is 8.00. The van der Waals surface area contributed by atoms with Gasteiger partial charge in [-0.05, 0) is 29.8 Å². The van der Waals surface area contributed by atoms with E-state index in [2.05, 4.69) is 34.8 Å². The van der Waals surface area contributed by atoms with Crippen molar-refractivity contribution < 1.29 is 4.79 Å². The quantitative estimate of drug-likeness (QED) is 0.613. The fourth-order valence-electron chi connectivity index (χ4n) is 2.76. The average Bonchev–Trinajstić information content (AvgIpc) is 3.09. The topological polar surface area (TPSA) is 46.9 Å². The maximum atomic E-state index is 12.2. The predicted molar refractivity (Wildman–Crippen MR) is 108 cm³/mol. The minimum Gasteiger partial charge on any atom is -0.330 e. The van der Waals surface area contributed by atoms with Crippen LogP contribution in [-0.4, -0.2) is 21.2 Å². The van der Waals surface area contributed by atoms with Gasteiger partial charge in [0.05, 0.1) is 5.75 Å². The van der Waals surface area contributed by atoms with Crippen molar-refractivity contribution in [3.05, 3.63) is 78.4 Å². The Labute approximate surface area is 158 Å². The summed E-state index contributed by atoms with van der Waals surface area (Å²) in [6.07, 6.45) is 3.83. The average molecular weight is 366 g/mol. The van der Waals surface area contributed by atoms with Gasteiger partial charge in [0.2, 0.25) is 5.91 Å². The molecule has 0 aliphatic rings. The molecule has 0 unspecified atom stereocenters. The molecule has 0 bridgehead atoms. The van der Waals surface area contributed by atoms with Gasteiger partial charge < -0.3 is 9.88 Å². The number of anilines is 1. The molecule has 0 atom stereocenters. The van der Waals surface area contributed by atoms with Crippen molar-refractivity contribution in [2.75, 3.05) is 11.1 Å². The third-order valence-electron chi connectivity index (χ3n) is 3.94. The number of imidazole rings is 1. The second-order valence-corrected chi connectivity index (χ2v) is 7.47. The Kier molecular flexibility index (Phi) is 6.12. The molecule has 1 amide bonds. The number of carbonyl (C=O) groups excluding carboxylic acids is 1. The Hall–Kier alpha value is -2.53. The third-order valence-corrected chi connectivity index (χ3v) is 4.95. The zero-order valence-corrected chi connectivity index (χ0v) is 15.9. The SMILES string of the molecule is CC(C)c1nccn1Cc1cccc(NC(=O)CSc2ccccc2)c1. The standard InChI is InChI=1S/C21H23N3OS/c1-16(2)21-22-11-12-24(21)14-17-7-6-8-18(13-17)23-20(25)15-26-19-9-4-3-5-10-19/h3-13,16H,14-15H2,1-2H3,(H,23,25). The molecule has 0 saturated carbocycles. The Morgan fingerprint density at radius 1 is 1.15 bits per heavy atom. The summed E-state index contributed by atoms with van der Waals surface area (Å²) >= 11 is 1.54. The second-order valence-electron chi connectivity index (χ2n) is 6.42. The van der Waals surface area contributed by atoms with Crippen LogP contribution in [0, 0.1) is 0 Å². The van der Waals surface area contributed by atoms with Gasteiger partial charge in [0.25, 0.3) is 0 Å². The highest BCUT2D eigenvalue weighted by atomic mass is 32.2. The molecule has 0 spiro atoms. The van der Waals surface area contributed by atoms with E-state index in [0.29, 0.717) is 11.7 Å². The molecule has 3 rings (SSSR count). The summed E-state index contributed by atoms with van der Waals surface area (Å²) in [4.78, 5) is 17.7. The third kappa shape index (κ3) is 4.99. The molecule has 26 heavy (non-hydrogen) atoms. The summed E-state index contributed by atoms with van der Waals surface area (Å²) in [5, 5.41) is 2.98. The van der Waals surface area contributed by atoms with Crippen LogP contribution in [0.2, 0.25) is 0 Å². The Morgan fingerprint density at radius 3 is 2.73 bits per heavy atom. The van der Waals surface area contributed by atoms with E-state index in [0.717, 1.165) is 28.5 Å². The Bertz CT molecular complexity index is 858. The Balaban J connectivity index is 1.60. The van der Waals surface area contributed by atoms with Crippen molar-refractivity contribution in [2.45, 2.75) is 31.2 Å².